The number of methoxy groups -OCH3 is 1. The zero-order chi connectivity index (χ0) is 22.8. The van der Waals surface area contributed by atoms with Crippen molar-refractivity contribution in [1.29, 1.82) is 0 Å². The predicted molar refractivity (Wildman–Crippen MR) is 123 cm³/mol. The van der Waals surface area contributed by atoms with Gasteiger partial charge in [-0.1, -0.05) is 32.0 Å². The minimum atomic E-state index is -3.52. The van der Waals surface area contributed by atoms with Gasteiger partial charge in [0.05, 0.1) is 6.10 Å². The lowest BCUT2D eigenvalue weighted by Gasteiger charge is -2.28. The maximum atomic E-state index is 13.8. The Balaban J connectivity index is 1.92. The first-order valence-electron chi connectivity index (χ1n) is 11.5. The average molecular weight is 452 g/mol. The van der Waals surface area contributed by atoms with Gasteiger partial charge < -0.3 is 14.0 Å². The lowest BCUT2D eigenvalue weighted by molar-refractivity contribution is -0.149. The van der Waals surface area contributed by atoms with Crippen LogP contribution in [0, 0.1) is 11.8 Å². The molecule has 1 aromatic rings. The summed E-state index contributed by atoms with van der Waals surface area (Å²) in [6, 6.07) is 5.50. The molecule has 2 aliphatic rings. The molecule has 0 heterocycles. The molecule has 0 saturated heterocycles. The molecule has 1 unspecified atom stereocenters. The molecule has 1 aromatic carbocycles. The van der Waals surface area contributed by atoms with Crippen molar-refractivity contribution in [2.75, 3.05) is 13.5 Å². The van der Waals surface area contributed by atoms with E-state index in [4.69, 9.17) is 14.0 Å². The predicted octanol–water partition coefficient (Wildman–Crippen LogP) is 5.82. The molecule has 0 radical (unpaired) electrons. The number of rotatable bonds is 12. The van der Waals surface area contributed by atoms with E-state index in [1.54, 1.807) is 20.8 Å². The summed E-state index contributed by atoms with van der Waals surface area (Å²) in [4.78, 5) is 12.3. The Bertz CT molecular complexity index is 782. The average Bonchev–Trinajstić information content (AvgIpc) is 3.59. The number of carbonyl (C=O) groups excluding carboxylic acids is 1. The highest BCUT2D eigenvalue weighted by molar-refractivity contribution is 7.57. The van der Waals surface area contributed by atoms with Crippen LogP contribution in [-0.2, 0) is 18.8 Å². The summed E-state index contributed by atoms with van der Waals surface area (Å²) in [6.07, 6.45) is 4.50. The summed E-state index contributed by atoms with van der Waals surface area (Å²) in [7, 11) is -2.03. The molecule has 2 aliphatic carbocycles. The van der Waals surface area contributed by atoms with Crippen molar-refractivity contribution in [3.05, 3.63) is 29.3 Å². The third kappa shape index (κ3) is 6.34. The summed E-state index contributed by atoms with van der Waals surface area (Å²) in [5, 5.41) is 2.90. The van der Waals surface area contributed by atoms with E-state index in [0.717, 1.165) is 11.1 Å². The van der Waals surface area contributed by atoms with Crippen molar-refractivity contribution in [1.82, 2.24) is 5.09 Å². The number of benzene rings is 1. The van der Waals surface area contributed by atoms with Gasteiger partial charge >= 0.3 is 13.5 Å². The summed E-state index contributed by atoms with van der Waals surface area (Å²) in [5.74, 6) is 2.20. The van der Waals surface area contributed by atoms with Gasteiger partial charge in [0.2, 0.25) is 0 Å². The molecule has 174 valence electrons. The van der Waals surface area contributed by atoms with Crippen LogP contribution >= 0.6 is 7.52 Å². The fraction of sp³-hybridized carbons (Fsp3) is 0.708. The molecule has 7 heteroatoms. The highest BCUT2D eigenvalue weighted by Gasteiger charge is 2.38. The lowest BCUT2D eigenvalue weighted by Crippen LogP contribution is -2.36. The third-order valence-corrected chi connectivity index (χ3v) is 8.21. The van der Waals surface area contributed by atoms with Crippen LogP contribution < -0.4 is 9.61 Å². The summed E-state index contributed by atoms with van der Waals surface area (Å²) in [6.45, 7) is 9.67. The van der Waals surface area contributed by atoms with Gasteiger partial charge in [0, 0.05) is 7.11 Å². The fourth-order valence-electron chi connectivity index (χ4n) is 4.19. The van der Waals surface area contributed by atoms with Crippen molar-refractivity contribution < 1.29 is 23.4 Å². The van der Waals surface area contributed by atoms with Gasteiger partial charge in [0.25, 0.3) is 0 Å². The monoisotopic (exact) mass is 451 g/mol. The minimum absolute atomic E-state index is 0.129. The molecule has 2 saturated carbocycles. The quantitative estimate of drug-likeness (QED) is 0.319. The first kappa shape index (κ1) is 24.3. The largest absolute Gasteiger partial charge is 0.462 e. The number of hydrogen-bond donors (Lipinski definition) is 1. The highest BCUT2D eigenvalue weighted by atomic mass is 31.2. The van der Waals surface area contributed by atoms with Crippen LogP contribution in [0.2, 0.25) is 0 Å². The van der Waals surface area contributed by atoms with E-state index in [2.05, 4.69) is 37.1 Å². The minimum Gasteiger partial charge on any atom is -0.462 e. The van der Waals surface area contributed by atoms with Gasteiger partial charge in [0.1, 0.15) is 18.1 Å². The molecule has 0 aromatic heterocycles. The first-order valence-corrected chi connectivity index (χ1v) is 13.3. The van der Waals surface area contributed by atoms with Crippen molar-refractivity contribution in [2.24, 2.45) is 11.8 Å². The molecule has 6 nitrogen and oxygen atoms in total. The molecule has 0 aliphatic heterocycles. The number of ether oxygens (including phenoxy) is 2. The van der Waals surface area contributed by atoms with Gasteiger partial charge in [0.15, 0.2) is 0 Å². The van der Waals surface area contributed by atoms with E-state index in [-0.39, 0.29) is 12.5 Å². The summed E-state index contributed by atoms with van der Waals surface area (Å²) >= 11 is 0. The summed E-state index contributed by atoms with van der Waals surface area (Å²) < 4.78 is 30.7. The van der Waals surface area contributed by atoms with Gasteiger partial charge in [-0.05, 0) is 81.3 Å². The molecule has 3 rings (SSSR count). The van der Waals surface area contributed by atoms with Gasteiger partial charge in [-0.3, -0.25) is 9.36 Å². The van der Waals surface area contributed by atoms with Crippen LogP contribution in [0.15, 0.2) is 18.2 Å². The molecule has 4 atom stereocenters. The Morgan fingerprint density at radius 1 is 1.03 bits per heavy atom. The maximum Gasteiger partial charge on any atom is 0.342 e. The molecule has 0 amide bonds. The van der Waals surface area contributed by atoms with E-state index < -0.39 is 19.5 Å². The second-order valence-corrected chi connectivity index (χ2v) is 11.6. The number of para-hydroxylation sites is 1. The van der Waals surface area contributed by atoms with Gasteiger partial charge in [-0.2, -0.15) is 0 Å². The summed E-state index contributed by atoms with van der Waals surface area (Å²) in [5.41, 5.74) is 2.20. The number of esters is 1. The van der Waals surface area contributed by atoms with E-state index in [1.807, 2.05) is 0 Å². The normalized spacial score (nSPS) is 21.3. The van der Waals surface area contributed by atoms with Crippen molar-refractivity contribution in [3.8, 4) is 5.75 Å². The molecule has 31 heavy (non-hydrogen) atoms. The van der Waals surface area contributed by atoms with Crippen LogP contribution in [0.5, 0.6) is 5.75 Å². The molecular weight excluding hydrogens is 413 g/mol. The smallest absolute Gasteiger partial charge is 0.342 e. The topological polar surface area (TPSA) is 73.9 Å². The van der Waals surface area contributed by atoms with Crippen molar-refractivity contribution >= 4 is 13.5 Å². The van der Waals surface area contributed by atoms with Gasteiger partial charge in [-0.15, -0.1) is 0 Å². The number of carbonyl (C=O) groups is 1. The van der Waals surface area contributed by atoms with Crippen LogP contribution in [0.3, 0.4) is 0 Å². The van der Waals surface area contributed by atoms with E-state index in [9.17, 15) is 9.36 Å². The van der Waals surface area contributed by atoms with Crippen LogP contribution in [0.25, 0.3) is 0 Å². The molecule has 1 N–H and O–H groups in total. The third-order valence-electron chi connectivity index (χ3n) is 6.35. The zero-order valence-electron chi connectivity index (χ0n) is 19.7. The Labute approximate surface area is 186 Å². The fourth-order valence-corrected chi connectivity index (χ4v) is 5.91. The Kier molecular flexibility index (Phi) is 7.88. The number of hydrogen-bond acceptors (Lipinski definition) is 5. The van der Waals surface area contributed by atoms with Crippen molar-refractivity contribution in [3.63, 3.8) is 0 Å². The lowest BCUT2D eigenvalue weighted by atomic mass is 9.88. The first-order chi connectivity index (χ1) is 14.6. The van der Waals surface area contributed by atoms with Gasteiger partial charge in [-0.25, -0.2) is 5.09 Å². The second kappa shape index (κ2) is 10.1. The van der Waals surface area contributed by atoms with E-state index >= 15 is 0 Å². The standard InChI is InChI=1S/C24H38NO5P/c1-15(2)29-24(26)18(5)25-31(27,14-28-6)30-23-21(16(3)19-10-11-19)8-7-9-22(23)17(4)20-12-13-20/h7-9,15-20H,10-14H2,1-6H3,(H,25,27)/t16-,17-,18+,31?/m1/s1. The maximum absolute atomic E-state index is 13.8. The highest BCUT2D eigenvalue weighted by Crippen LogP contribution is 2.54. The number of nitrogens with one attached hydrogen (secondary N) is 1. The molecule has 2 fully saturated rings. The van der Waals surface area contributed by atoms with Crippen LogP contribution in [-0.4, -0.2) is 31.6 Å². The molecule has 0 spiro atoms. The SMILES string of the molecule is COCP(=O)(N[C@@H](C)C(=O)OC(C)C)Oc1c([C@H](C)C2CC2)cccc1[C@H](C)C1CC1. The zero-order valence-corrected chi connectivity index (χ0v) is 20.6. The van der Waals surface area contributed by atoms with Crippen LogP contribution in [0.1, 0.15) is 83.3 Å². The Morgan fingerprint density at radius 2 is 1.55 bits per heavy atom. The van der Waals surface area contributed by atoms with Crippen LogP contribution in [0.4, 0.5) is 0 Å². The Morgan fingerprint density at radius 3 is 1.97 bits per heavy atom. The van der Waals surface area contributed by atoms with E-state index in [0.29, 0.717) is 29.4 Å². The van der Waals surface area contributed by atoms with Crippen molar-refractivity contribution in [2.45, 2.75) is 84.3 Å². The molecular formula is C24H38NO5P. The second-order valence-electron chi connectivity index (χ2n) is 9.54. The van der Waals surface area contributed by atoms with E-state index in [1.165, 1.54) is 32.8 Å². The molecule has 0 bridgehead atoms. The Hall–Kier alpha value is -1.36.